The number of hydrogen-bond donors (Lipinski definition) is 2. The summed E-state index contributed by atoms with van der Waals surface area (Å²) in [5.74, 6) is -0.795. The van der Waals surface area contributed by atoms with Crippen LogP contribution < -0.4 is 10.7 Å². The fourth-order valence-corrected chi connectivity index (χ4v) is 4.45. The van der Waals surface area contributed by atoms with Crippen LogP contribution >= 0.6 is 0 Å². The van der Waals surface area contributed by atoms with Gasteiger partial charge in [-0.25, -0.2) is 4.79 Å². The lowest BCUT2D eigenvalue weighted by Gasteiger charge is -2.39. The van der Waals surface area contributed by atoms with Gasteiger partial charge in [-0.3, -0.25) is 24.8 Å². The Kier molecular flexibility index (Phi) is 6.76. The number of piperazine rings is 1. The van der Waals surface area contributed by atoms with Gasteiger partial charge in [0.2, 0.25) is 0 Å². The maximum atomic E-state index is 12.6. The zero-order valence-electron chi connectivity index (χ0n) is 19.2. The number of amides is 4. The SMILES string of the molecule is CCC1(C)NC(=O)N(NC(=O)CN2CCN(C(c3ccccc3)c3ccccc3)CC2)C1=O. The molecule has 1 unspecified atom stereocenters. The van der Waals surface area contributed by atoms with E-state index in [9.17, 15) is 14.4 Å². The second-order valence-electron chi connectivity index (χ2n) is 8.83. The quantitative estimate of drug-likeness (QED) is 0.633. The van der Waals surface area contributed by atoms with Crippen molar-refractivity contribution in [3.8, 4) is 0 Å². The Morgan fingerprint density at radius 2 is 1.52 bits per heavy atom. The number of hydrogen-bond acceptors (Lipinski definition) is 5. The molecule has 0 bridgehead atoms. The van der Waals surface area contributed by atoms with E-state index in [1.54, 1.807) is 6.92 Å². The summed E-state index contributed by atoms with van der Waals surface area (Å²) in [6.07, 6.45) is 0.454. The summed E-state index contributed by atoms with van der Waals surface area (Å²) in [6.45, 7) is 6.66. The molecule has 2 saturated heterocycles. The number of carbonyl (C=O) groups is 3. The number of carbonyl (C=O) groups excluding carboxylic acids is 3. The topological polar surface area (TPSA) is 85.0 Å². The standard InChI is InChI=1S/C25H31N5O3/c1-3-25(2)23(32)30(24(33)26-25)27-21(31)18-28-14-16-29(17-15-28)22(19-10-6-4-7-11-19)20-12-8-5-9-13-20/h4-13,22H,3,14-18H2,1-2H3,(H,26,33)(H,27,31). The summed E-state index contributed by atoms with van der Waals surface area (Å²) in [5.41, 5.74) is 3.99. The zero-order chi connectivity index (χ0) is 23.4. The lowest BCUT2D eigenvalue weighted by Crippen LogP contribution is -2.54. The van der Waals surface area contributed by atoms with Crippen molar-refractivity contribution in [2.24, 2.45) is 0 Å². The molecule has 174 valence electrons. The van der Waals surface area contributed by atoms with Crippen molar-refractivity contribution in [2.75, 3.05) is 32.7 Å². The number of nitrogens with one attached hydrogen (secondary N) is 2. The summed E-state index contributed by atoms with van der Waals surface area (Å²) in [4.78, 5) is 41.7. The van der Waals surface area contributed by atoms with Crippen molar-refractivity contribution in [2.45, 2.75) is 31.8 Å². The predicted molar refractivity (Wildman–Crippen MR) is 125 cm³/mol. The molecule has 4 amide bonds. The maximum absolute atomic E-state index is 12.6. The van der Waals surface area contributed by atoms with Crippen molar-refractivity contribution < 1.29 is 14.4 Å². The largest absolute Gasteiger partial charge is 0.344 e. The average molecular weight is 450 g/mol. The molecular formula is C25H31N5O3. The van der Waals surface area contributed by atoms with Crippen LogP contribution in [-0.2, 0) is 9.59 Å². The molecule has 2 aromatic carbocycles. The van der Waals surface area contributed by atoms with Crippen molar-refractivity contribution in [1.82, 2.24) is 25.6 Å². The molecule has 2 aliphatic rings. The van der Waals surface area contributed by atoms with Gasteiger partial charge in [0, 0.05) is 26.2 Å². The van der Waals surface area contributed by atoms with Crippen LogP contribution in [0.2, 0.25) is 0 Å². The van der Waals surface area contributed by atoms with Crippen LogP contribution in [0.4, 0.5) is 4.79 Å². The molecule has 2 aromatic rings. The minimum absolute atomic E-state index is 0.134. The Hall–Kier alpha value is -3.23. The second kappa shape index (κ2) is 9.72. The highest BCUT2D eigenvalue weighted by molar-refractivity contribution is 6.07. The summed E-state index contributed by atoms with van der Waals surface area (Å²) < 4.78 is 0. The van der Waals surface area contributed by atoms with E-state index in [1.807, 2.05) is 19.1 Å². The van der Waals surface area contributed by atoms with Crippen molar-refractivity contribution >= 4 is 17.8 Å². The van der Waals surface area contributed by atoms with Gasteiger partial charge in [0.25, 0.3) is 11.8 Å². The van der Waals surface area contributed by atoms with E-state index in [4.69, 9.17) is 0 Å². The number of urea groups is 1. The van der Waals surface area contributed by atoms with Crippen molar-refractivity contribution in [3.05, 3.63) is 71.8 Å². The van der Waals surface area contributed by atoms with Crippen LogP contribution in [0.1, 0.15) is 37.4 Å². The third-order valence-electron chi connectivity index (χ3n) is 6.57. The molecule has 0 spiro atoms. The minimum Gasteiger partial charge on any atom is -0.322 e. The molecule has 0 radical (unpaired) electrons. The Balaban J connectivity index is 1.36. The highest BCUT2D eigenvalue weighted by atomic mass is 16.2. The van der Waals surface area contributed by atoms with Gasteiger partial charge >= 0.3 is 6.03 Å². The van der Waals surface area contributed by atoms with Gasteiger partial charge < -0.3 is 5.32 Å². The lowest BCUT2D eigenvalue weighted by molar-refractivity contribution is -0.139. The first-order valence-corrected chi connectivity index (χ1v) is 11.4. The van der Waals surface area contributed by atoms with E-state index < -0.39 is 17.5 Å². The molecule has 2 heterocycles. The van der Waals surface area contributed by atoms with Gasteiger partial charge in [-0.15, -0.1) is 0 Å². The molecule has 0 aromatic heterocycles. The highest BCUT2D eigenvalue weighted by Gasteiger charge is 2.47. The third-order valence-corrected chi connectivity index (χ3v) is 6.57. The van der Waals surface area contributed by atoms with Gasteiger partial charge in [-0.05, 0) is 24.5 Å². The molecule has 0 saturated carbocycles. The molecule has 8 nitrogen and oxygen atoms in total. The van der Waals surface area contributed by atoms with Gasteiger partial charge in [-0.1, -0.05) is 67.6 Å². The fourth-order valence-electron chi connectivity index (χ4n) is 4.45. The Morgan fingerprint density at radius 3 is 2.00 bits per heavy atom. The first-order valence-electron chi connectivity index (χ1n) is 11.4. The molecule has 1 atom stereocenters. The predicted octanol–water partition coefficient (Wildman–Crippen LogP) is 2.15. The summed E-state index contributed by atoms with van der Waals surface area (Å²) in [6, 6.07) is 20.5. The molecule has 33 heavy (non-hydrogen) atoms. The van der Waals surface area contributed by atoms with Crippen LogP contribution in [0.15, 0.2) is 60.7 Å². The van der Waals surface area contributed by atoms with E-state index in [2.05, 4.69) is 69.1 Å². The maximum Gasteiger partial charge on any atom is 0.344 e. The minimum atomic E-state index is -0.972. The molecule has 4 rings (SSSR count). The smallest absolute Gasteiger partial charge is 0.322 e. The summed E-state index contributed by atoms with van der Waals surface area (Å²) in [7, 11) is 0. The molecule has 2 aliphatic heterocycles. The van der Waals surface area contributed by atoms with Crippen molar-refractivity contribution in [1.29, 1.82) is 0 Å². The number of rotatable bonds is 7. The average Bonchev–Trinajstić information content (AvgIpc) is 3.05. The van der Waals surface area contributed by atoms with E-state index >= 15 is 0 Å². The van der Waals surface area contributed by atoms with Crippen LogP contribution in [-0.4, -0.2) is 70.9 Å². The Labute approximate surface area is 194 Å². The van der Waals surface area contributed by atoms with Crippen LogP contribution in [0, 0.1) is 0 Å². The number of hydrazine groups is 1. The summed E-state index contributed by atoms with van der Waals surface area (Å²) in [5, 5.41) is 3.45. The highest BCUT2D eigenvalue weighted by Crippen LogP contribution is 2.29. The second-order valence-corrected chi connectivity index (χ2v) is 8.83. The van der Waals surface area contributed by atoms with Crippen LogP contribution in [0.3, 0.4) is 0 Å². The molecule has 8 heteroatoms. The normalized spacial score (nSPS) is 22.0. The van der Waals surface area contributed by atoms with E-state index in [-0.39, 0.29) is 18.5 Å². The zero-order valence-corrected chi connectivity index (χ0v) is 19.2. The van der Waals surface area contributed by atoms with Gasteiger partial charge in [0.1, 0.15) is 5.54 Å². The first-order chi connectivity index (χ1) is 15.9. The Bertz CT molecular complexity index is 952. The first kappa shape index (κ1) is 22.9. The van der Waals surface area contributed by atoms with E-state index in [1.165, 1.54) is 11.1 Å². The van der Waals surface area contributed by atoms with Gasteiger partial charge in [0.15, 0.2) is 0 Å². The third kappa shape index (κ3) is 4.91. The van der Waals surface area contributed by atoms with E-state index in [0.717, 1.165) is 31.2 Å². The molecule has 2 N–H and O–H groups in total. The molecule has 2 fully saturated rings. The fraction of sp³-hybridized carbons (Fsp3) is 0.400. The summed E-state index contributed by atoms with van der Waals surface area (Å²) >= 11 is 0. The number of benzene rings is 2. The lowest BCUT2D eigenvalue weighted by atomic mass is 9.96. The van der Waals surface area contributed by atoms with Crippen molar-refractivity contribution in [3.63, 3.8) is 0 Å². The van der Waals surface area contributed by atoms with Crippen LogP contribution in [0.25, 0.3) is 0 Å². The monoisotopic (exact) mass is 449 g/mol. The molecular weight excluding hydrogens is 418 g/mol. The van der Waals surface area contributed by atoms with Gasteiger partial charge in [0.05, 0.1) is 12.6 Å². The van der Waals surface area contributed by atoms with E-state index in [0.29, 0.717) is 6.42 Å². The molecule has 0 aliphatic carbocycles. The Morgan fingerprint density at radius 1 is 0.970 bits per heavy atom. The number of imide groups is 1. The van der Waals surface area contributed by atoms with Crippen LogP contribution in [0.5, 0.6) is 0 Å². The number of nitrogens with zero attached hydrogens (tertiary/aromatic N) is 3. The van der Waals surface area contributed by atoms with Gasteiger partial charge in [-0.2, -0.15) is 5.01 Å².